The van der Waals surface area contributed by atoms with E-state index in [0.717, 1.165) is 5.56 Å². The van der Waals surface area contributed by atoms with Gasteiger partial charge in [-0.1, -0.05) is 0 Å². The number of esters is 1. The standard InChI is InChI=1S/C21H22N4O6/c1-12(21(28)29)23-20(27)15-5-4-10-25-18(15)24-17(19(25)22-11-16(26)31-3)13-6-8-14(30-2)9-7-13/h4-10,12,22H,11H2,1-3H3,(H,23,27)(H,28,29). The molecule has 0 spiro atoms. The van der Waals surface area contributed by atoms with Crippen molar-refractivity contribution in [2.75, 3.05) is 26.1 Å². The van der Waals surface area contributed by atoms with Gasteiger partial charge in [-0.3, -0.25) is 18.8 Å². The Morgan fingerprint density at radius 2 is 1.87 bits per heavy atom. The fourth-order valence-corrected chi connectivity index (χ4v) is 2.93. The molecule has 1 atom stereocenters. The highest BCUT2D eigenvalue weighted by Gasteiger charge is 2.22. The Bertz CT molecular complexity index is 1120. The van der Waals surface area contributed by atoms with Crippen LogP contribution in [-0.2, 0) is 14.3 Å². The van der Waals surface area contributed by atoms with E-state index in [2.05, 4.69) is 15.6 Å². The van der Waals surface area contributed by atoms with Crippen molar-refractivity contribution in [2.45, 2.75) is 13.0 Å². The minimum atomic E-state index is -1.15. The van der Waals surface area contributed by atoms with Gasteiger partial charge in [0.05, 0.1) is 19.8 Å². The van der Waals surface area contributed by atoms with Crippen molar-refractivity contribution < 1.29 is 29.0 Å². The molecule has 3 N–H and O–H groups in total. The number of carbonyl (C=O) groups excluding carboxylic acids is 2. The van der Waals surface area contributed by atoms with Crippen molar-refractivity contribution in [2.24, 2.45) is 0 Å². The van der Waals surface area contributed by atoms with Crippen LogP contribution in [0.2, 0.25) is 0 Å². The van der Waals surface area contributed by atoms with Crippen molar-refractivity contribution in [3.05, 3.63) is 48.2 Å². The molecule has 1 unspecified atom stereocenters. The average Bonchev–Trinajstić information content (AvgIpc) is 3.15. The Morgan fingerprint density at radius 1 is 1.16 bits per heavy atom. The van der Waals surface area contributed by atoms with Crippen molar-refractivity contribution in [1.82, 2.24) is 14.7 Å². The molecule has 0 radical (unpaired) electrons. The number of anilines is 1. The van der Waals surface area contributed by atoms with E-state index >= 15 is 0 Å². The number of methoxy groups -OCH3 is 2. The third kappa shape index (κ3) is 4.58. The highest BCUT2D eigenvalue weighted by Crippen LogP contribution is 2.31. The van der Waals surface area contributed by atoms with E-state index in [9.17, 15) is 14.4 Å². The first-order valence-corrected chi connectivity index (χ1v) is 9.35. The maximum absolute atomic E-state index is 12.7. The monoisotopic (exact) mass is 426 g/mol. The van der Waals surface area contributed by atoms with Gasteiger partial charge in [-0.25, -0.2) is 4.98 Å². The topological polar surface area (TPSA) is 131 Å². The Kier molecular flexibility index (Phi) is 6.39. The summed E-state index contributed by atoms with van der Waals surface area (Å²) < 4.78 is 11.5. The summed E-state index contributed by atoms with van der Waals surface area (Å²) in [7, 11) is 2.85. The number of aliphatic carboxylic acids is 1. The number of imidazole rings is 1. The molecule has 31 heavy (non-hydrogen) atoms. The van der Waals surface area contributed by atoms with E-state index in [-0.39, 0.29) is 12.1 Å². The molecular weight excluding hydrogens is 404 g/mol. The van der Waals surface area contributed by atoms with Crippen LogP contribution in [0, 0.1) is 0 Å². The number of fused-ring (bicyclic) bond motifs is 1. The van der Waals surface area contributed by atoms with Gasteiger partial charge in [-0.05, 0) is 43.3 Å². The molecule has 0 aliphatic rings. The second-order valence-electron chi connectivity index (χ2n) is 6.62. The third-order valence-electron chi connectivity index (χ3n) is 4.60. The average molecular weight is 426 g/mol. The number of hydrogen-bond donors (Lipinski definition) is 3. The summed E-state index contributed by atoms with van der Waals surface area (Å²) in [5, 5.41) is 14.5. The van der Waals surface area contributed by atoms with E-state index in [1.165, 1.54) is 14.0 Å². The first-order chi connectivity index (χ1) is 14.8. The molecule has 0 fully saturated rings. The molecule has 0 bridgehead atoms. The van der Waals surface area contributed by atoms with Crippen LogP contribution in [0.25, 0.3) is 16.9 Å². The summed E-state index contributed by atoms with van der Waals surface area (Å²) in [4.78, 5) is 40.1. The fraction of sp³-hybridized carbons (Fsp3) is 0.238. The van der Waals surface area contributed by atoms with Gasteiger partial charge in [0.2, 0.25) is 0 Å². The molecule has 1 aromatic carbocycles. The van der Waals surface area contributed by atoms with Crippen molar-refractivity contribution >= 4 is 29.3 Å². The number of aromatic nitrogens is 2. The minimum Gasteiger partial charge on any atom is -0.497 e. The third-order valence-corrected chi connectivity index (χ3v) is 4.60. The van der Waals surface area contributed by atoms with Gasteiger partial charge in [0.1, 0.15) is 29.8 Å². The maximum atomic E-state index is 12.7. The highest BCUT2D eigenvalue weighted by molar-refractivity contribution is 6.02. The van der Waals surface area contributed by atoms with E-state index < -0.39 is 23.9 Å². The smallest absolute Gasteiger partial charge is 0.325 e. The van der Waals surface area contributed by atoms with Crippen molar-refractivity contribution in [3.8, 4) is 17.0 Å². The van der Waals surface area contributed by atoms with E-state index in [1.807, 2.05) is 0 Å². The molecule has 2 heterocycles. The summed E-state index contributed by atoms with van der Waals surface area (Å²) in [6.07, 6.45) is 1.69. The zero-order valence-corrected chi connectivity index (χ0v) is 17.2. The molecule has 10 nitrogen and oxygen atoms in total. The molecule has 10 heteroatoms. The zero-order valence-electron chi connectivity index (χ0n) is 17.2. The van der Waals surface area contributed by atoms with Crippen LogP contribution >= 0.6 is 0 Å². The van der Waals surface area contributed by atoms with Gasteiger partial charge in [-0.15, -0.1) is 0 Å². The molecule has 0 aliphatic carbocycles. The predicted molar refractivity (Wildman–Crippen MR) is 112 cm³/mol. The number of rotatable bonds is 8. The molecule has 0 saturated heterocycles. The molecule has 0 aliphatic heterocycles. The number of pyridine rings is 1. The maximum Gasteiger partial charge on any atom is 0.325 e. The van der Waals surface area contributed by atoms with E-state index in [4.69, 9.17) is 14.6 Å². The van der Waals surface area contributed by atoms with Crippen LogP contribution in [0.5, 0.6) is 5.75 Å². The van der Waals surface area contributed by atoms with Crippen LogP contribution in [-0.4, -0.2) is 59.1 Å². The van der Waals surface area contributed by atoms with Gasteiger partial charge in [0, 0.05) is 11.8 Å². The number of hydrogen-bond acceptors (Lipinski definition) is 7. The zero-order chi connectivity index (χ0) is 22.5. The summed E-state index contributed by atoms with van der Waals surface area (Å²) in [5.41, 5.74) is 1.72. The van der Waals surface area contributed by atoms with Crippen molar-refractivity contribution in [3.63, 3.8) is 0 Å². The highest BCUT2D eigenvalue weighted by atomic mass is 16.5. The number of carboxylic acid groups (broad SMARTS) is 1. The summed E-state index contributed by atoms with van der Waals surface area (Å²) >= 11 is 0. The molecule has 3 rings (SSSR count). The normalized spacial score (nSPS) is 11.6. The second-order valence-corrected chi connectivity index (χ2v) is 6.62. The largest absolute Gasteiger partial charge is 0.497 e. The quantitative estimate of drug-likeness (QED) is 0.465. The van der Waals surface area contributed by atoms with Gasteiger partial charge in [-0.2, -0.15) is 0 Å². The summed E-state index contributed by atoms with van der Waals surface area (Å²) in [6, 6.07) is 9.26. The number of carboxylic acids is 1. The number of nitrogens with one attached hydrogen (secondary N) is 2. The predicted octanol–water partition coefficient (Wildman–Crippen LogP) is 1.80. The first-order valence-electron chi connectivity index (χ1n) is 9.35. The van der Waals surface area contributed by atoms with Crippen LogP contribution in [0.15, 0.2) is 42.6 Å². The molecular formula is C21H22N4O6. The lowest BCUT2D eigenvalue weighted by atomic mass is 10.1. The van der Waals surface area contributed by atoms with E-state index in [1.54, 1.807) is 54.1 Å². The Balaban J connectivity index is 2.11. The van der Waals surface area contributed by atoms with Gasteiger partial charge in [0.15, 0.2) is 5.65 Å². The Labute approximate surface area is 177 Å². The van der Waals surface area contributed by atoms with Gasteiger partial charge in [0.25, 0.3) is 5.91 Å². The van der Waals surface area contributed by atoms with Crippen LogP contribution in [0.1, 0.15) is 17.3 Å². The number of amides is 1. The fourth-order valence-electron chi connectivity index (χ4n) is 2.93. The molecule has 2 aromatic heterocycles. The Morgan fingerprint density at radius 3 is 2.48 bits per heavy atom. The minimum absolute atomic E-state index is 0.111. The number of nitrogens with zero attached hydrogens (tertiary/aromatic N) is 2. The van der Waals surface area contributed by atoms with Crippen LogP contribution in [0.4, 0.5) is 5.82 Å². The second kappa shape index (κ2) is 9.16. The lowest BCUT2D eigenvalue weighted by Gasteiger charge is -2.11. The Hall–Kier alpha value is -4.08. The van der Waals surface area contributed by atoms with Gasteiger partial charge < -0.3 is 25.2 Å². The number of carbonyl (C=O) groups is 3. The number of ether oxygens (including phenoxy) is 2. The van der Waals surface area contributed by atoms with Crippen LogP contribution < -0.4 is 15.4 Å². The summed E-state index contributed by atoms with van der Waals surface area (Å²) in [6.45, 7) is 1.26. The van der Waals surface area contributed by atoms with Crippen molar-refractivity contribution in [1.29, 1.82) is 0 Å². The molecule has 3 aromatic rings. The molecule has 162 valence electrons. The van der Waals surface area contributed by atoms with Crippen LogP contribution in [0.3, 0.4) is 0 Å². The van der Waals surface area contributed by atoms with E-state index in [0.29, 0.717) is 22.9 Å². The lowest BCUT2D eigenvalue weighted by Crippen LogP contribution is -2.38. The lowest BCUT2D eigenvalue weighted by molar-refractivity contribution is -0.139. The van der Waals surface area contributed by atoms with Gasteiger partial charge >= 0.3 is 11.9 Å². The summed E-state index contributed by atoms with van der Waals surface area (Å²) in [5.74, 6) is -1.06. The first kappa shape index (κ1) is 21.6. The molecule has 1 amide bonds. The SMILES string of the molecule is COC(=O)CNc1c(-c2ccc(OC)cc2)nc2c(C(=O)NC(C)C(=O)O)cccn12. The molecule has 0 saturated carbocycles. The number of benzene rings is 1.